The maximum Gasteiger partial charge on any atom is 0.362 e. The van der Waals surface area contributed by atoms with Gasteiger partial charge in [0.2, 0.25) is 0 Å². The first-order valence-corrected chi connectivity index (χ1v) is 24.5. The summed E-state index contributed by atoms with van der Waals surface area (Å²) in [6, 6.07) is -0.623. The Balaban J connectivity index is 4.35. The molecule has 8 nitrogen and oxygen atoms in total. The fourth-order valence-corrected chi connectivity index (χ4v) is 6.82. The van der Waals surface area contributed by atoms with Crippen molar-refractivity contribution < 1.29 is 38.2 Å². The molecule has 0 saturated heterocycles. The predicted octanol–water partition coefficient (Wildman–Crippen LogP) is 13.9. The first kappa shape index (κ1) is 57.8. The van der Waals surface area contributed by atoms with E-state index in [1.807, 2.05) is 21.1 Å². The number of unbranched alkanes of at least 4 members (excludes halogenated alkanes) is 17. The van der Waals surface area contributed by atoms with Crippen LogP contribution in [0.5, 0.6) is 0 Å². The Kier molecular flexibility index (Phi) is 41.1. The number of likely N-dealkylation sites (N-methyl/N-ethyl adjacent to an activating group) is 1. The topological polar surface area (TPSA) is 99.1 Å². The second kappa shape index (κ2) is 43.4. The predicted molar refractivity (Wildman–Crippen MR) is 257 cm³/mol. The zero-order chi connectivity index (χ0) is 44.9. The number of hydrogen-bond acceptors (Lipinski definition) is 6. The van der Waals surface area contributed by atoms with Gasteiger partial charge in [-0.05, 0) is 83.5 Å². The van der Waals surface area contributed by atoms with Crippen LogP contribution in [0.2, 0.25) is 0 Å². The highest BCUT2D eigenvalue weighted by molar-refractivity contribution is 5.72. The summed E-state index contributed by atoms with van der Waals surface area (Å²) in [4.78, 5) is 37.1. The number of esters is 2. The highest BCUT2D eigenvalue weighted by atomic mass is 16.6. The van der Waals surface area contributed by atoms with Crippen LogP contribution < -0.4 is 0 Å². The summed E-state index contributed by atoms with van der Waals surface area (Å²) < 4.78 is 17.3. The van der Waals surface area contributed by atoms with Crippen molar-refractivity contribution in [3.05, 3.63) is 72.9 Å². The number of aliphatic carboxylic acids is 1. The number of hydrogen-bond donors (Lipinski definition) is 1. The molecule has 1 N–H and O–H groups in total. The lowest BCUT2D eigenvalue weighted by atomic mass is 10.1. The van der Waals surface area contributed by atoms with Gasteiger partial charge < -0.3 is 23.8 Å². The average molecular weight is 855 g/mol. The van der Waals surface area contributed by atoms with Gasteiger partial charge in [0.25, 0.3) is 0 Å². The summed E-state index contributed by atoms with van der Waals surface area (Å²) in [6.45, 7) is 4.59. The molecule has 0 aromatic rings. The summed E-state index contributed by atoms with van der Waals surface area (Å²) >= 11 is 0. The third-order valence-corrected chi connectivity index (χ3v) is 10.6. The van der Waals surface area contributed by atoms with Crippen molar-refractivity contribution in [1.29, 1.82) is 0 Å². The molecular formula is C53H92NO7+. The molecule has 0 fully saturated rings. The van der Waals surface area contributed by atoms with E-state index in [1.165, 1.54) is 77.0 Å². The lowest BCUT2D eigenvalue weighted by molar-refractivity contribution is -0.887. The normalized spacial score (nSPS) is 13.5. The van der Waals surface area contributed by atoms with Crippen molar-refractivity contribution in [2.45, 2.75) is 206 Å². The maximum atomic E-state index is 12.8. The molecule has 0 aromatic heterocycles. The van der Waals surface area contributed by atoms with E-state index in [9.17, 15) is 19.5 Å². The minimum atomic E-state index is -0.881. The summed E-state index contributed by atoms with van der Waals surface area (Å²) in [5.41, 5.74) is 0. The number of carbonyl (C=O) groups excluding carboxylic acids is 2. The first-order valence-electron chi connectivity index (χ1n) is 24.5. The molecule has 2 atom stereocenters. The number of quaternary nitrogens is 1. The van der Waals surface area contributed by atoms with Gasteiger partial charge in [0.05, 0.1) is 34.4 Å². The largest absolute Gasteiger partial charge is 0.477 e. The Morgan fingerprint density at radius 2 is 0.918 bits per heavy atom. The van der Waals surface area contributed by atoms with E-state index >= 15 is 0 Å². The Morgan fingerprint density at radius 1 is 0.508 bits per heavy atom. The number of rotatable bonds is 43. The summed E-state index contributed by atoms with van der Waals surface area (Å²) in [5, 5.41) is 9.64. The van der Waals surface area contributed by atoms with Gasteiger partial charge in [-0.15, -0.1) is 0 Å². The molecule has 2 unspecified atom stereocenters. The van der Waals surface area contributed by atoms with Crippen molar-refractivity contribution in [1.82, 2.24) is 0 Å². The van der Waals surface area contributed by atoms with Gasteiger partial charge in [0.1, 0.15) is 6.61 Å². The second-order valence-corrected chi connectivity index (χ2v) is 17.3. The SMILES string of the molecule is CC/C=C/C/C=C/C/C=C/C/C=C/C/C=C/CCCCCCC(=O)OCC(COCCC(C(=O)O)[N+](C)(C)C)OC(=O)CCCCCCCCC/C=C/CCCCCCCC. The highest BCUT2D eigenvalue weighted by Gasteiger charge is 2.31. The van der Waals surface area contributed by atoms with Crippen LogP contribution in [0.3, 0.4) is 0 Å². The fraction of sp³-hybridized carbons (Fsp3) is 0.717. The summed E-state index contributed by atoms with van der Waals surface area (Å²) in [6.07, 6.45) is 55.1. The highest BCUT2D eigenvalue weighted by Crippen LogP contribution is 2.14. The molecule has 0 saturated carbocycles. The monoisotopic (exact) mass is 855 g/mol. The molecule has 61 heavy (non-hydrogen) atoms. The number of ether oxygens (including phenoxy) is 3. The Bertz CT molecular complexity index is 1230. The summed E-state index contributed by atoms with van der Waals surface area (Å²) in [7, 11) is 5.52. The molecular weight excluding hydrogens is 763 g/mol. The van der Waals surface area contributed by atoms with Crippen LogP contribution >= 0.6 is 0 Å². The van der Waals surface area contributed by atoms with Crippen LogP contribution in [0.25, 0.3) is 0 Å². The van der Waals surface area contributed by atoms with E-state index in [-0.39, 0.29) is 36.2 Å². The minimum absolute atomic E-state index is 0.0482. The van der Waals surface area contributed by atoms with Crippen LogP contribution in [0, 0.1) is 0 Å². The van der Waals surface area contributed by atoms with Crippen LogP contribution in [0.1, 0.15) is 194 Å². The van der Waals surface area contributed by atoms with Gasteiger partial charge in [-0.3, -0.25) is 9.59 Å². The zero-order valence-electron chi connectivity index (χ0n) is 39.8. The molecule has 0 aliphatic heterocycles. The van der Waals surface area contributed by atoms with Crippen LogP contribution in [-0.4, -0.2) is 80.6 Å². The van der Waals surface area contributed by atoms with Crippen molar-refractivity contribution >= 4 is 17.9 Å². The van der Waals surface area contributed by atoms with Gasteiger partial charge in [0.15, 0.2) is 12.1 Å². The third-order valence-electron chi connectivity index (χ3n) is 10.6. The molecule has 0 aromatic carbocycles. The number of allylic oxidation sites excluding steroid dienone is 12. The number of carboxylic acids is 1. The Hall–Kier alpha value is -3.23. The van der Waals surface area contributed by atoms with Crippen molar-refractivity contribution in [3.8, 4) is 0 Å². The molecule has 0 spiro atoms. The first-order chi connectivity index (χ1) is 29.6. The van der Waals surface area contributed by atoms with Crippen molar-refractivity contribution in [3.63, 3.8) is 0 Å². The Morgan fingerprint density at radius 3 is 1.38 bits per heavy atom. The van der Waals surface area contributed by atoms with E-state index in [1.54, 1.807) is 0 Å². The van der Waals surface area contributed by atoms with Crippen LogP contribution in [0.4, 0.5) is 0 Å². The molecule has 0 rings (SSSR count). The molecule has 8 heteroatoms. The Labute approximate surface area is 374 Å². The lowest BCUT2D eigenvalue weighted by Crippen LogP contribution is -2.50. The van der Waals surface area contributed by atoms with Gasteiger partial charge in [0, 0.05) is 19.3 Å². The molecule has 350 valence electrons. The number of carbonyl (C=O) groups is 3. The fourth-order valence-electron chi connectivity index (χ4n) is 6.82. The number of nitrogens with zero attached hydrogens (tertiary/aromatic N) is 1. The zero-order valence-corrected chi connectivity index (χ0v) is 39.8. The van der Waals surface area contributed by atoms with Gasteiger partial charge in [-0.1, -0.05) is 164 Å². The molecule has 0 heterocycles. The van der Waals surface area contributed by atoms with E-state index in [0.717, 1.165) is 83.5 Å². The molecule has 0 radical (unpaired) electrons. The summed E-state index contributed by atoms with van der Waals surface area (Å²) in [5.74, 6) is -1.51. The van der Waals surface area contributed by atoms with Gasteiger partial charge in [-0.2, -0.15) is 0 Å². The van der Waals surface area contributed by atoms with Gasteiger partial charge >= 0.3 is 17.9 Å². The van der Waals surface area contributed by atoms with E-state index in [4.69, 9.17) is 14.2 Å². The second-order valence-electron chi connectivity index (χ2n) is 17.3. The standard InChI is InChI=1S/C53H91NO7/c1-6-8-10-12-14-16-18-20-22-24-25-26-28-29-31-33-35-37-39-41-43-51(55)60-48-49(47-59-46-45-50(53(57)58)54(3,4)5)61-52(56)44-42-40-38-36-34-32-30-27-23-21-19-17-15-13-11-9-7-2/h8,10,14,16,20-23,25-26,29,31,49-50H,6-7,9,11-13,15,17-19,24,27-28,30,32-48H2,1-5H3/p+1/b10-8+,16-14+,22-20+,23-21+,26-25+,31-29+. The lowest BCUT2D eigenvalue weighted by Gasteiger charge is -2.31. The van der Waals surface area contributed by atoms with Crippen molar-refractivity contribution in [2.75, 3.05) is 41.0 Å². The van der Waals surface area contributed by atoms with E-state index in [2.05, 4.69) is 86.8 Å². The van der Waals surface area contributed by atoms with Crippen molar-refractivity contribution in [2.24, 2.45) is 0 Å². The maximum absolute atomic E-state index is 12.8. The smallest absolute Gasteiger partial charge is 0.362 e. The number of carboxylic acid groups (broad SMARTS) is 1. The van der Waals surface area contributed by atoms with E-state index < -0.39 is 18.1 Å². The quantitative estimate of drug-likeness (QED) is 0.0282. The average Bonchev–Trinajstić information content (AvgIpc) is 3.22. The molecule has 0 bridgehead atoms. The van der Waals surface area contributed by atoms with E-state index in [0.29, 0.717) is 19.3 Å². The van der Waals surface area contributed by atoms with Gasteiger partial charge in [-0.25, -0.2) is 4.79 Å². The molecule has 0 amide bonds. The molecule has 0 aliphatic rings. The minimum Gasteiger partial charge on any atom is -0.477 e. The third kappa shape index (κ3) is 41.9. The molecule has 0 aliphatic carbocycles. The van der Waals surface area contributed by atoms with Crippen LogP contribution in [-0.2, 0) is 28.6 Å². The van der Waals surface area contributed by atoms with Crippen LogP contribution in [0.15, 0.2) is 72.9 Å².